The van der Waals surface area contributed by atoms with Crippen molar-refractivity contribution in [3.63, 3.8) is 0 Å². The van der Waals surface area contributed by atoms with Crippen LogP contribution in [0.5, 0.6) is 5.75 Å². The second-order valence-corrected chi connectivity index (χ2v) is 7.85. The van der Waals surface area contributed by atoms with Gasteiger partial charge in [-0.15, -0.1) is 11.3 Å². The number of amides is 1. The fourth-order valence-electron chi connectivity index (χ4n) is 3.24. The lowest BCUT2D eigenvalue weighted by Gasteiger charge is -2.13. The Hall–Kier alpha value is -3.26. The van der Waals surface area contributed by atoms with Gasteiger partial charge in [-0.25, -0.2) is 4.39 Å². The van der Waals surface area contributed by atoms with Gasteiger partial charge in [0, 0.05) is 34.6 Å². The van der Waals surface area contributed by atoms with Crippen molar-refractivity contribution in [2.45, 2.75) is 19.4 Å². The van der Waals surface area contributed by atoms with Crippen LogP contribution in [0.2, 0.25) is 0 Å². The van der Waals surface area contributed by atoms with Gasteiger partial charge < -0.3 is 15.3 Å². The van der Waals surface area contributed by atoms with E-state index < -0.39 is 0 Å². The zero-order valence-corrected chi connectivity index (χ0v) is 16.3. The Morgan fingerprint density at radius 3 is 2.72 bits per heavy atom. The predicted octanol–water partition coefficient (Wildman–Crippen LogP) is 3.12. The summed E-state index contributed by atoms with van der Waals surface area (Å²) in [5.74, 6) is -0.158. The van der Waals surface area contributed by atoms with E-state index in [0.29, 0.717) is 32.9 Å². The second kappa shape index (κ2) is 7.63. The molecule has 1 aromatic carbocycles. The van der Waals surface area contributed by atoms with Gasteiger partial charge in [-0.05, 0) is 31.2 Å². The standard InChI is InChI=1S/C21H17FN2O4S/c1-12(25)18-2-3-19(29-18)17-10-15(22)8-14-9-16(28-20(14)17)11-23-21(26)13-4-6-24(27)7-5-13/h2-8,10,16H,9,11H2,1H3,(H,23,26). The molecule has 1 atom stereocenters. The minimum Gasteiger partial charge on any atom is -0.619 e. The quantitative estimate of drug-likeness (QED) is 0.397. The Kier molecular flexibility index (Phi) is 5.02. The molecule has 1 aliphatic rings. The topological polar surface area (TPSA) is 82.3 Å². The van der Waals surface area contributed by atoms with E-state index in [1.807, 2.05) is 0 Å². The lowest BCUT2D eigenvalue weighted by atomic mass is 10.0. The molecule has 6 nitrogen and oxygen atoms in total. The average Bonchev–Trinajstić information content (AvgIpc) is 3.33. The van der Waals surface area contributed by atoms with Crippen molar-refractivity contribution in [1.29, 1.82) is 0 Å². The molecule has 8 heteroatoms. The lowest BCUT2D eigenvalue weighted by Crippen LogP contribution is -2.35. The average molecular weight is 412 g/mol. The van der Waals surface area contributed by atoms with Gasteiger partial charge in [0.25, 0.3) is 5.91 Å². The number of Topliss-reactive ketones (excluding diaryl/α,β-unsaturated/α-hetero) is 1. The predicted molar refractivity (Wildman–Crippen MR) is 106 cm³/mol. The number of halogens is 1. The molecule has 0 bridgehead atoms. The van der Waals surface area contributed by atoms with Crippen LogP contribution in [0, 0.1) is 11.0 Å². The van der Waals surface area contributed by atoms with Crippen molar-refractivity contribution < 1.29 is 23.4 Å². The van der Waals surface area contributed by atoms with Gasteiger partial charge >= 0.3 is 0 Å². The SMILES string of the molecule is CC(=O)c1ccc(-c2cc(F)cc3c2OC(CNC(=O)c2cc[n+]([O-])cc2)C3)s1. The van der Waals surface area contributed by atoms with Crippen LogP contribution in [0.1, 0.15) is 32.5 Å². The van der Waals surface area contributed by atoms with Gasteiger partial charge in [0.05, 0.1) is 17.0 Å². The fraction of sp³-hybridized carbons (Fsp3) is 0.190. The van der Waals surface area contributed by atoms with Gasteiger partial charge in [0.1, 0.15) is 17.7 Å². The maximum atomic E-state index is 14.2. The van der Waals surface area contributed by atoms with E-state index in [-0.39, 0.29) is 30.2 Å². The van der Waals surface area contributed by atoms with Crippen LogP contribution in [0.4, 0.5) is 4.39 Å². The van der Waals surface area contributed by atoms with Gasteiger partial charge in [-0.1, -0.05) is 0 Å². The van der Waals surface area contributed by atoms with Crippen LogP contribution in [-0.2, 0) is 6.42 Å². The molecule has 0 spiro atoms. The highest BCUT2D eigenvalue weighted by atomic mass is 32.1. The molecule has 0 aliphatic carbocycles. The third kappa shape index (κ3) is 3.97. The van der Waals surface area contributed by atoms with E-state index in [0.717, 1.165) is 10.4 Å². The van der Waals surface area contributed by atoms with Gasteiger partial charge in [0.15, 0.2) is 18.2 Å². The molecule has 1 unspecified atom stereocenters. The lowest BCUT2D eigenvalue weighted by molar-refractivity contribution is -0.605. The molecule has 0 fully saturated rings. The number of benzene rings is 1. The summed E-state index contributed by atoms with van der Waals surface area (Å²) >= 11 is 1.29. The number of nitrogens with one attached hydrogen (secondary N) is 1. The van der Waals surface area contributed by atoms with Crippen molar-refractivity contribution in [3.05, 3.63) is 75.8 Å². The number of hydrogen-bond acceptors (Lipinski definition) is 5. The number of aromatic nitrogens is 1. The highest BCUT2D eigenvalue weighted by Gasteiger charge is 2.28. The van der Waals surface area contributed by atoms with Crippen LogP contribution in [-0.4, -0.2) is 24.3 Å². The Morgan fingerprint density at radius 2 is 2.03 bits per heavy atom. The Bertz CT molecular complexity index is 1090. The van der Waals surface area contributed by atoms with Gasteiger partial charge in [-0.2, -0.15) is 4.73 Å². The minimum absolute atomic E-state index is 0.0424. The van der Waals surface area contributed by atoms with E-state index in [4.69, 9.17) is 4.74 Å². The maximum Gasteiger partial charge on any atom is 0.251 e. The van der Waals surface area contributed by atoms with Crippen LogP contribution in [0.15, 0.2) is 48.8 Å². The Labute approximate surface area is 170 Å². The first-order valence-corrected chi connectivity index (χ1v) is 9.79. The van der Waals surface area contributed by atoms with Crippen molar-refractivity contribution in [2.75, 3.05) is 6.54 Å². The molecule has 29 heavy (non-hydrogen) atoms. The maximum absolute atomic E-state index is 14.2. The fourth-order valence-corrected chi connectivity index (χ4v) is 4.15. The summed E-state index contributed by atoms with van der Waals surface area (Å²) in [6.07, 6.45) is 2.63. The number of carbonyl (C=O) groups excluding carboxylic acids is 2. The first-order chi connectivity index (χ1) is 13.9. The van der Waals surface area contributed by atoms with Crippen LogP contribution in [0.3, 0.4) is 0 Å². The zero-order chi connectivity index (χ0) is 20.5. The summed E-state index contributed by atoms with van der Waals surface area (Å²) in [5, 5.41) is 13.8. The summed E-state index contributed by atoms with van der Waals surface area (Å²) in [7, 11) is 0. The van der Waals surface area contributed by atoms with Crippen LogP contribution < -0.4 is 14.8 Å². The number of pyridine rings is 1. The molecule has 3 aromatic rings. The number of nitrogens with zero attached hydrogens (tertiary/aromatic N) is 1. The molecule has 4 rings (SSSR count). The number of fused-ring (bicyclic) bond motifs is 1. The first kappa shape index (κ1) is 19.1. The van der Waals surface area contributed by atoms with E-state index in [9.17, 15) is 19.2 Å². The van der Waals surface area contributed by atoms with Crippen LogP contribution >= 0.6 is 11.3 Å². The monoisotopic (exact) mass is 412 g/mol. The van der Waals surface area contributed by atoms with Gasteiger partial charge in [0.2, 0.25) is 0 Å². The zero-order valence-electron chi connectivity index (χ0n) is 15.5. The van der Waals surface area contributed by atoms with E-state index in [2.05, 4.69) is 5.32 Å². The summed E-state index contributed by atoms with van der Waals surface area (Å²) in [6, 6.07) is 9.21. The summed E-state index contributed by atoms with van der Waals surface area (Å²) in [5.41, 5.74) is 1.70. The third-order valence-corrected chi connectivity index (χ3v) is 5.86. The smallest absolute Gasteiger partial charge is 0.251 e. The van der Waals surface area contributed by atoms with E-state index in [1.165, 1.54) is 54.9 Å². The summed E-state index contributed by atoms with van der Waals surface area (Å²) < 4.78 is 20.8. The number of hydrogen-bond donors (Lipinski definition) is 1. The molecular formula is C21H17FN2O4S. The van der Waals surface area contributed by atoms with Gasteiger partial charge in [-0.3, -0.25) is 9.59 Å². The molecule has 1 N–H and O–H groups in total. The number of ketones is 1. The molecule has 3 heterocycles. The number of thiophene rings is 1. The molecule has 1 amide bonds. The number of carbonyl (C=O) groups is 2. The summed E-state index contributed by atoms with van der Waals surface area (Å²) in [4.78, 5) is 25.2. The molecule has 0 radical (unpaired) electrons. The molecule has 0 saturated carbocycles. The number of rotatable bonds is 5. The normalized spacial score (nSPS) is 14.9. The third-order valence-electron chi connectivity index (χ3n) is 4.64. The summed E-state index contributed by atoms with van der Waals surface area (Å²) in [6.45, 7) is 1.73. The first-order valence-electron chi connectivity index (χ1n) is 8.98. The van der Waals surface area contributed by atoms with Crippen LogP contribution in [0.25, 0.3) is 10.4 Å². The molecule has 0 saturated heterocycles. The van der Waals surface area contributed by atoms with Crippen molar-refractivity contribution in [1.82, 2.24) is 5.32 Å². The van der Waals surface area contributed by atoms with Crippen molar-refractivity contribution in [3.8, 4) is 16.2 Å². The number of ether oxygens (including phenoxy) is 1. The van der Waals surface area contributed by atoms with E-state index in [1.54, 1.807) is 12.1 Å². The highest BCUT2D eigenvalue weighted by molar-refractivity contribution is 7.17. The largest absolute Gasteiger partial charge is 0.619 e. The van der Waals surface area contributed by atoms with Crippen molar-refractivity contribution in [2.24, 2.45) is 0 Å². The highest BCUT2D eigenvalue weighted by Crippen LogP contribution is 2.42. The molecule has 148 valence electrons. The second-order valence-electron chi connectivity index (χ2n) is 6.76. The molecule has 1 aliphatic heterocycles. The molecule has 2 aromatic heterocycles. The Balaban J connectivity index is 1.49. The van der Waals surface area contributed by atoms with E-state index >= 15 is 0 Å². The Morgan fingerprint density at radius 1 is 1.28 bits per heavy atom. The molecular weight excluding hydrogens is 395 g/mol. The minimum atomic E-state index is -0.375. The van der Waals surface area contributed by atoms with Crippen molar-refractivity contribution >= 4 is 23.0 Å².